The maximum Gasteiger partial charge on any atom is 0.273 e. The van der Waals surface area contributed by atoms with E-state index in [0.29, 0.717) is 31.0 Å². The zero-order valence-corrected chi connectivity index (χ0v) is 15.4. The van der Waals surface area contributed by atoms with Gasteiger partial charge in [-0.15, -0.1) is 0 Å². The Bertz CT molecular complexity index is 683. The number of Topliss-reactive ketones (excluding diaryl/α,β-unsaturated/α-hetero) is 1. The second-order valence-electron chi connectivity index (χ2n) is 8.32. The summed E-state index contributed by atoms with van der Waals surface area (Å²) in [7, 11) is 0. The van der Waals surface area contributed by atoms with E-state index < -0.39 is 35.7 Å². The minimum absolute atomic E-state index is 0.236. The van der Waals surface area contributed by atoms with E-state index in [2.05, 4.69) is 0 Å². The van der Waals surface area contributed by atoms with Gasteiger partial charge in [0.05, 0.1) is 6.61 Å². The zero-order chi connectivity index (χ0) is 18.3. The van der Waals surface area contributed by atoms with Crippen LogP contribution in [0.1, 0.15) is 40.5 Å². The van der Waals surface area contributed by atoms with E-state index in [1.54, 1.807) is 13.8 Å². The van der Waals surface area contributed by atoms with Crippen LogP contribution in [0.25, 0.3) is 0 Å². The van der Waals surface area contributed by atoms with Crippen molar-refractivity contribution in [1.82, 2.24) is 0 Å². The molecule has 144 valence electrons. The summed E-state index contributed by atoms with van der Waals surface area (Å²) in [6.45, 7) is 7.93. The molecule has 0 unspecified atom stereocenters. The van der Waals surface area contributed by atoms with E-state index in [1.807, 2.05) is 13.8 Å². The second kappa shape index (κ2) is 5.20. The van der Waals surface area contributed by atoms with Crippen molar-refractivity contribution in [3.63, 3.8) is 0 Å². The SMILES string of the molecule is CC1(C)O[C@@H]2CO[C@]3(CCC4=C(O3)[C@@H]3OC(C)(C)O[C@@H]3CO4)C(=O)[C@@H]2O1. The van der Waals surface area contributed by atoms with Crippen molar-refractivity contribution in [2.24, 2.45) is 0 Å². The number of hydrogen-bond donors (Lipinski definition) is 0. The normalized spacial score (nSPS) is 45.6. The minimum atomic E-state index is -1.38. The van der Waals surface area contributed by atoms with Crippen LogP contribution in [-0.4, -0.2) is 60.8 Å². The van der Waals surface area contributed by atoms with Gasteiger partial charge in [-0.3, -0.25) is 4.79 Å². The van der Waals surface area contributed by atoms with Crippen LogP contribution in [0.5, 0.6) is 0 Å². The third-order valence-corrected chi connectivity index (χ3v) is 5.39. The molecule has 5 atom stereocenters. The molecular formula is C18H24O8. The molecule has 5 rings (SSSR count). The summed E-state index contributed by atoms with van der Waals surface area (Å²) in [5.41, 5.74) is 0. The van der Waals surface area contributed by atoms with Crippen LogP contribution in [0.3, 0.4) is 0 Å². The average Bonchev–Trinajstić information content (AvgIpc) is 3.06. The molecule has 8 heteroatoms. The van der Waals surface area contributed by atoms with Gasteiger partial charge in [0, 0.05) is 12.8 Å². The maximum atomic E-state index is 13.2. The van der Waals surface area contributed by atoms with Crippen LogP contribution in [0.2, 0.25) is 0 Å². The number of hydrogen-bond acceptors (Lipinski definition) is 8. The van der Waals surface area contributed by atoms with Crippen molar-refractivity contribution < 1.29 is 38.0 Å². The van der Waals surface area contributed by atoms with Gasteiger partial charge in [0.15, 0.2) is 29.5 Å². The van der Waals surface area contributed by atoms with E-state index in [4.69, 9.17) is 33.2 Å². The molecule has 26 heavy (non-hydrogen) atoms. The molecule has 5 aliphatic heterocycles. The van der Waals surface area contributed by atoms with E-state index in [-0.39, 0.29) is 18.5 Å². The van der Waals surface area contributed by atoms with E-state index in [9.17, 15) is 4.79 Å². The van der Waals surface area contributed by atoms with Gasteiger partial charge in [-0.2, -0.15) is 0 Å². The fraction of sp³-hybridized carbons (Fsp3) is 0.833. The van der Waals surface area contributed by atoms with Crippen molar-refractivity contribution in [1.29, 1.82) is 0 Å². The molecule has 0 N–H and O–H groups in total. The first-order chi connectivity index (χ1) is 12.2. The van der Waals surface area contributed by atoms with Crippen molar-refractivity contribution in [3.05, 3.63) is 11.5 Å². The van der Waals surface area contributed by atoms with Gasteiger partial charge >= 0.3 is 0 Å². The highest BCUT2D eigenvalue weighted by molar-refractivity contribution is 5.91. The highest BCUT2D eigenvalue weighted by Gasteiger charge is 2.61. The molecule has 0 amide bonds. The molecule has 0 aliphatic carbocycles. The molecule has 0 aromatic heterocycles. The minimum Gasteiger partial charge on any atom is -0.491 e. The number of allylic oxidation sites excluding steroid dienone is 1. The van der Waals surface area contributed by atoms with Crippen molar-refractivity contribution in [2.75, 3.05) is 13.2 Å². The molecule has 0 aromatic carbocycles. The molecular weight excluding hydrogens is 344 g/mol. The Hall–Kier alpha value is -1.19. The second-order valence-corrected chi connectivity index (χ2v) is 8.32. The molecule has 5 heterocycles. The fourth-order valence-electron chi connectivity index (χ4n) is 4.37. The smallest absolute Gasteiger partial charge is 0.273 e. The lowest BCUT2D eigenvalue weighted by atomic mass is 9.91. The third-order valence-electron chi connectivity index (χ3n) is 5.39. The zero-order valence-electron chi connectivity index (χ0n) is 15.4. The summed E-state index contributed by atoms with van der Waals surface area (Å²) in [6, 6.07) is 0. The standard InChI is InChI=1S/C18H24O8/c1-16(2)22-10-7-20-9-5-6-18(26-12(9)13(10)24-16)15(19)14-11(8-21-18)23-17(3,4)25-14/h10-11,13-14H,5-8H2,1-4H3/t10-,11-,13-,14-,18+/m1/s1. The molecule has 5 aliphatic rings. The van der Waals surface area contributed by atoms with Gasteiger partial charge in [-0.05, 0) is 27.7 Å². The van der Waals surface area contributed by atoms with E-state index in [1.165, 1.54) is 0 Å². The Morgan fingerprint density at radius 1 is 0.885 bits per heavy atom. The monoisotopic (exact) mass is 368 g/mol. The third kappa shape index (κ3) is 2.43. The highest BCUT2D eigenvalue weighted by Crippen LogP contribution is 2.47. The predicted molar refractivity (Wildman–Crippen MR) is 84.6 cm³/mol. The van der Waals surface area contributed by atoms with Gasteiger partial charge in [0.25, 0.3) is 5.79 Å². The Morgan fingerprint density at radius 3 is 2.27 bits per heavy atom. The summed E-state index contributed by atoms with van der Waals surface area (Å²) in [5.74, 6) is -1.96. The Kier molecular flexibility index (Phi) is 3.39. The van der Waals surface area contributed by atoms with Crippen molar-refractivity contribution in [2.45, 2.75) is 82.3 Å². The van der Waals surface area contributed by atoms with Crippen LogP contribution in [0, 0.1) is 0 Å². The lowest BCUT2D eigenvalue weighted by Gasteiger charge is -2.44. The van der Waals surface area contributed by atoms with E-state index in [0.717, 1.165) is 0 Å². The topological polar surface area (TPSA) is 81.7 Å². The van der Waals surface area contributed by atoms with Crippen LogP contribution in [-0.2, 0) is 38.0 Å². The first-order valence-electron chi connectivity index (χ1n) is 9.12. The number of fused-ring (bicyclic) bond motifs is 3. The molecule has 3 saturated heterocycles. The largest absolute Gasteiger partial charge is 0.491 e. The summed E-state index contributed by atoms with van der Waals surface area (Å²) >= 11 is 0. The van der Waals surface area contributed by atoms with Crippen LogP contribution < -0.4 is 0 Å². The number of rotatable bonds is 0. The summed E-state index contributed by atoms with van der Waals surface area (Å²) in [6.07, 6.45) is -0.872. The lowest BCUT2D eigenvalue weighted by molar-refractivity contribution is -0.258. The van der Waals surface area contributed by atoms with Crippen molar-refractivity contribution in [3.8, 4) is 0 Å². The van der Waals surface area contributed by atoms with Crippen LogP contribution in [0.15, 0.2) is 11.5 Å². The maximum absolute atomic E-state index is 13.2. The first-order valence-corrected chi connectivity index (χ1v) is 9.12. The average molecular weight is 368 g/mol. The lowest BCUT2D eigenvalue weighted by Crippen LogP contribution is -2.60. The van der Waals surface area contributed by atoms with E-state index >= 15 is 0 Å². The molecule has 3 fully saturated rings. The van der Waals surface area contributed by atoms with Crippen molar-refractivity contribution >= 4 is 5.78 Å². The molecule has 8 nitrogen and oxygen atoms in total. The summed E-state index contributed by atoms with van der Waals surface area (Å²) in [4.78, 5) is 13.2. The fourth-order valence-corrected chi connectivity index (χ4v) is 4.37. The Labute approximate surface area is 151 Å². The summed E-state index contributed by atoms with van der Waals surface area (Å²) < 4.78 is 41.3. The van der Waals surface area contributed by atoms with Gasteiger partial charge in [-0.25, -0.2) is 0 Å². The molecule has 0 saturated carbocycles. The molecule has 0 aromatic rings. The Morgan fingerprint density at radius 2 is 1.54 bits per heavy atom. The number of ketones is 1. The predicted octanol–water partition coefficient (Wildman–Crippen LogP) is 1.37. The van der Waals surface area contributed by atoms with Crippen LogP contribution in [0.4, 0.5) is 0 Å². The van der Waals surface area contributed by atoms with Gasteiger partial charge < -0.3 is 33.2 Å². The summed E-state index contributed by atoms with van der Waals surface area (Å²) in [5, 5.41) is 0. The van der Waals surface area contributed by atoms with Crippen LogP contribution >= 0.6 is 0 Å². The van der Waals surface area contributed by atoms with Gasteiger partial charge in [0.1, 0.15) is 24.6 Å². The Balaban J connectivity index is 1.43. The number of ether oxygens (including phenoxy) is 7. The quantitative estimate of drug-likeness (QED) is 0.634. The molecule has 0 bridgehead atoms. The molecule has 1 spiro atoms. The molecule has 0 radical (unpaired) electrons. The highest BCUT2D eigenvalue weighted by atomic mass is 16.8. The van der Waals surface area contributed by atoms with Gasteiger partial charge in [0.2, 0.25) is 5.78 Å². The number of carbonyl (C=O) groups is 1. The van der Waals surface area contributed by atoms with Gasteiger partial charge in [-0.1, -0.05) is 0 Å². The number of carbonyl (C=O) groups excluding carboxylic acids is 1. The first kappa shape index (κ1) is 16.9.